The van der Waals surface area contributed by atoms with Crippen LogP contribution in [0.3, 0.4) is 0 Å². The molecule has 0 aromatic heterocycles. The molecule has 6 rings (SSSR count). The highest BCUT2D eigenvalue weighted by atomic mass is 32.1. The molecule has 1 aromatic carbocycles. The molecular formula is C44H63N4O6PS. The molecule has 2 N–H and O–H groups in total. The maximum absolute atomic E-state index is 13.6. The fourth-order valence-electron chi connectivity index (χ4n) is 11.3. The van der Waals surface area contributed by atoms with Gasteiger partial charge in [-0.25, -0.2) is 0 Å². The van der Waals surface area contributed by atoms with Gasteiger partial charge in [0.15, 0.2) is 5.52 Å². The maximum Gasteiger partial charge on any atom is 0.246 e. The van der Waals surface area contributed by atoms with Crippen molar-refractivity contribution in [3.05, 3.63) is 42.0 Å². The molecule has 0 bridgehead atoms. The molecular weight excluding hydrogens is 744 g/mol. The van der Waals surface area contributed by atoms with E-state index in [1.807, 2.05) is 24.3 Å². The Kier molecular flexibility index (Phi) is 13.1. The van der Waals surface area contributed by atoms with Gasteiger partial charge in [-0.1, -0.05) is 68.5 Å². The van der Waals surface area contributed by atoms with E-state index in [4.69, 9.17) is 0 Å². The number of ketones is 1. The fraction of sp³-hybridized carbons (Fsp3) is 0.682. The molecule has 0 radical (unpaired) electrons. The lowest BCUT2D eigenvalue weighted by molar-refractivity contribution is -0.145. The Morgan fingerprint density at radius 3 is 2.38 bits per heavy atom. The molecule has 1 saturated heterocycles. The van der Waals surface area contributed by atoms with E-state index in [9.17, 15) is 28.8 Å². The number of rotatable bonds is 15. The number of fused-ring (bicyclic) bond motifs is 5. The average Bonchev–Trinajstić information content (AvgIpc) is 3.62. The van der Waals surface area contributed by atoms with Crippen molar-refractivity contribution in [1.82, 2.24) is 15.1 Å². The zero-order valence-electron chi connectivity index (χ0n) is 34.0. The van der Waals surface area contributed by atoms with Gasteiger partial charge in [0.25, 0.3) is 0 Å². The first kappa shape index (κ1) is 42.7. The summed E-state index contributed by atoms with van der Waals surface area (Å²) < 4.78 is 0. The van der Waals surface area contributed by atoms with Crippen molar-refractivity contribution >= 4 is 62.5 Å². The van der Waals surface area contributed by atoms with E-state index in [1.54, 1.807) is 6.08 Å². The molecule has 10 nitrogen and oxygen atoms in total. The third-order valence-corrected chi connectivity index (χ3v) is 14.9. The van der Waals surface area contributed by atoms with E-state index in [1.165, 1.54) is 4.90 Å². The van der Waals surface area contributed by atoms with E-state index in [2.05, 4.69) is 78.1 Å². The molecule has 4 amide bonds. The number of imide groups is 1. The summed E-state index contributed by atoms with van der Waals surface area (Å²) in [6, 6.07) is 6.57. The van der Waals surface area contributed by atoms with Gasteiger partial charge < -0.3 is 10.2 Å². The molecule has 3 saturated carbocycles. The topological polar surface area (TPSA) is 133 Å². The van der Waals surface area contributed by atoms with E-state index < -0.39 is 12.1 Å². The van der Waals surface area contributed by atoms with Gasteiger partial charge in [0, 0.05) is 54.7 Å². The summed E-state index contributed by atoms with van der Waals surface area (Å²) in [6.07, 6.45) is 13.3. The zero-order valence-corrected chi connectivity index (χ0v) is 36.0. The van der Waals surface area contributed by atoms with E-state index in [-0.39, 0.29) is 76.1 Å². The number of hydrogen-bond donors (Lipinski definition) is 3. The van der Waals surface area contributed by atoms with Crippen molar-refractivity contribution in [1.29, 1.82) is 0 Å². The molecule has 3 aliphatic carbocycles. The molecule has 12 heteroatoms. The van der Waals surface area contributed by atoms with E-state index in [0.29, 0.717) is 67.9 Å². The summed E-state index contributed by atoms with van der Waals surface area (Å²) >= 11 is 4.15. The number of carbonyl (C=O) groups excluding carboxylic acids is 6. The fourth-order valence-corrected chi connectivity index (χ4v) is 12.0. The standard InChI is InChI=1S/C44H63N4O6PS/c1-42(2,3)24-35(49)32-16-15-30-29-14-17-36-44(5,31(29)18-20-43(30,32)4)21-19-38(51)48(36)25-27-10-12-28(13-11-27)45-37(50)9-7-6-8-22-47-39(52)23-33(40(47)53)46-34(26-56)41(54)55/h10-13,19,21,29-34,36,46,56H,6-9,14-18,20,22-26,55H2,1-5H3,(H,45,50)/t29-,30-,31-,32+,33?,34-,36+,43-,44+/m0/s1. The summed E-state index contributed by atoms with van der Waals surface area (Å²) in [5, 5.41) is 5.91. The van der Waals surface area contributed by atoms with Crippen LogP contribution in [0.5, 0.6) is 0 Å². The minimum atomic E-state index is -0.717. The number of unbranched alkanes of at least 4 members (excludes halogenated alkanes) is 2. The molecule has 1 aromatic rings. The quantitative estimate of drug-likeness (QED) is 0.0775. The van der Waals surface area contributed by atoms with Gasteiger partial charge in [-0.3, -0.25) is 39.0 Å². The normalized spacial score (nSPS) is 31.9. The van der Waals surface area contributed by atoms with Gasteiger partial charge >= 0.3 is 0 Å². The first-order valence-electron chi connectivity index (χ1n) is 20.9. The SMILES string of the molecule is CC(C)(C)CC(=O)[C@H]1CC[C@H]2[C@@H]3CC[C@H]4N(Cc5ccc(NC(=O)CCCCCN6C(=O)CC(N[C@@H](CS)C(=O)P)C6=O)cc5)C(=O)C=C[C@]4(C)[C@H]3CC[C@]12C. The smallest absolute Gasteiger partial charge is 0.246 e. The van der Waals surface area contributed by atoms with Crippen LogP contribution in [0.15, 0.2) is 36.4 Å². The van der Waals surface area contributed by atoms with Crippen LogP contribution in [0.1, 0.15) is 117 Å². The first-order chi connectivity index (χ1) is 26.4. The zero-order chi connectivity index (χ0) is 40.6. The van der Waals surface area contributed by atoms with Crippen LogP contribution in [0.25, 0.3) is 0 Å². The van der Waals surface area contributed by atoms with Crippen LogP contribution in [-0.4, -0.2) is 75.2 Å². The van der Waals surface area contributed by atoms with Gasteiger partial charge in [0.05, 0.1) is 18.5 Å². The number of amides is 4. The lowest BCUT2D eigenvalue weighted by atomic mass is 9.47. The second-order valence-electron chi connectivity index (χ2n) is 19.0. The average molecular weight is 807 g/mol. The second-order valence-corrected chi connectivity index (χ2v) is 19.9. The Morgan fingerprint density at radius 2 is 1.70 bits per heavy atom. The van der Waals surface area contributed by atoms with Gasteiger partial charge in [0.2, 0.25) is 23.6 Å². The number of anilines is 1. The minimum absolute atomic E-state index is 0.00974. The Balaban J connectivity index is 0.972. The highest BCUT2D eigenvalue weighted by Crippen LogP contribution is 2.66. The molecule has 56 heavy (non-hydrogen) atoms. The minimum Gasteiger partial charge on any atom is -0.331 e. The Morgan fingerprint density at radius 1 is 0.964 bits per heavy atom. The summed E-state index contributed by atoms with van der Waals surface area (Å²) in [5.74, 6) is 1.86. The number of carbonyl (C=O) groups is 6. The van der Waals surface area contributed by atoms with E-state index in [0.717, 1.165) is 44.1 Å². The van der Waals surface area contributed by atoms with Gasteiger partial charge in [-0.15, -0.1) is 0 Å². The van der Waals surface area contributed by atoms with E-state index >= 15 is 0 Å². The van der Waals surface area contributed by atoms with Crippen molar-refractivity contribution in [2.24, 2.45) is 39.9 Å². The molecule has 0 spiro atoms. The van der Waals surface area contributed by atoms with Crippen LogP contribution >= 0.6 is 21.9 Å². The molecule has 2 aliphatic heterocycles. The van der Waals surface area contributed by atoms with Gasteiger partial charge in [-0.2, -0.15) is 12.6 Å². The van der Waals surface area contributed by atoms with Crippen LogP contribution in [0.4, 0.5) is 5.69 Å². The van der Waals surface area contributed by atoms with Gasteiger partial charge in [0.1, 0.15) is 5.78 Å². The van der Waals surface area contributed by atoms with Crippen molar-refractivity contribution in [2.45, 2.75) is 136 Å². The predicted octanol–water partition coefficient (Wildman–Crippen LogP) is 6.73. The largest absolute Gasteiger partial charge is 0.331 e. The first-order valence-corrected chi connectivity index (χ1v) is 22.1. The van der Waals surface area contributed by atoms with Gasteiger partial charge in [-0.05, 0) is 104 Å². The highest BCUT2D eigenvalue weighted by molar-refractivity contribution is 7.80. The lowest BCUT2D eigenvalue weighted by Gasteiger charge is -2.60. The second kappa shape index (κ2) is 17.1. The predicted molar refractivity (Wildman–Crippen MR) is 225 cm³/mol. The molecule has 5 aliphatic rings. The van der Waals surface area contributed by atoms with Crippen molar-refractivity contribution in [2.75, 3.05) is 17.6 Å². The Labute approximate surface area is 341 Å². The number of benzene rings is 1. The van der Waals surface area contributed by atoms with Crippen LogP contribution in [0, 0.1) is 39.9 Å². The number of nitrogens with one attached hydrogen (secondary N) is 2. The number of hydrogen-bond acceptors (Lipinski definition) is 8. The summed E-state index contributed by atoms with van der Waals surface area (Å²) in [7, 11) is 2.08. The number of thiol groups is 1. The Bertz CT molecular complexity index is 1730. The molecule has 2 heterocycles. The summed E-state index contributed by atoms with van der Waals surface area (Å²) in [5.41, 5.74) is 1.49. The third kappa shape index (κ3) is 8.90. The maximum atomic E-state index is 13.6. The molecule has 4 fully saturated rings. The number of Topliss-reactive ketones (excluding diaryl/α,β-unsaturated/α-hetero) is 1. The summed E-state index contributed by atoms with van der Waals surface area (Å²) in [6.45, 7) is 12.1. The van der Waals surface area contributed by atoms with Crippen LogP contribution in [0.2, 0.25) is 0 Å². The Hall–Kier alpha value is -2.88. The van der Waals surface area contributed by atoms with Crippen molar-refractivity contribution in [3.8, 4) is 0 Å². The van der Waals surface area contributed by atoms with Crippen LogP contribution < -0.4 is 10.6 Å². The number of nitrogens with zero attached hydrogens (tertiary/aromatic N) is 2. The molecule has 10 atom stereocenters. The highest BCUT2D eigenvalue weighted by Gasteiger charge is 2.61. The van der Waals surface area contributed by atoms with Crippen molar-refractivity contribution in [3.63, 3.8) is 0 Å². The lowest BCUT2D eigenvalue weighted by Crippen LogP contribution is -2.60. The van der Waals surface area contributed by atoms with Crippen LogP contribution in [-0.2, 0) is 35.3 Å². The third-order valence-electron chi connectivity index (χ3n) is 14.1. The summed E-state index contributed by atoms with van der Waals surface area (Å²) in [4.78, 5) is 80.0. The molecule has 306 valence electrons. The monoisotopic (exact) mass is 806 g/mol. The van der Waals surface area contributed by atoms with Crippen molar-refractivity contribution < 1.29 is 28.8 Å². The number of likely N-dealkylation sites (tertiary alicyclic amines) is 1. The molecule has 2 unspecified atom stereocenters.